The van der Waals surface area contributed by atoms with Gasteiger partial charge in [-0.25, -0.2) is 13.8 Å². The third-order valence-electron chi connectivity index (χ3n) is 4.94. The highest BCUT2D eigenvalue weighted by atomic mass is 19.1. The second-order valence-electron chi connectivity index (χ2n) is 7.33. The average Bonchev–Trinajstić information content (AvgIpc) is 3.13. The Morgan fingerprint density at radius 2 is 1.79 bits per heavy atom. The van der Waals surface area contributed by atoms with Crippen molar-refractivity contribution in [1.29, 1.82) is 0 Å². The van der Waals surface area contributed by atoms with Crippen molar-refractivity contribution in [2.24, 2.45) is 0 Å². The van der Waals surface area contributed by atoms with Gasteiger partial charge < -0.3 is 9.84 Å². The van der Waals surface area contributed by atoms with Crippen LogP contribution in [0.3, 0.4) is 0 Å². The number of hydrogen-bond donors (Lipinski definition) is 1. The topological polar surface area (TPSA) is 46.8 Å². The summed E-state index contributed by atoms with van der Waals surface area (Å²) in [5, 5.41) is 10.2. The summed E-state index contributed by atoms with van der Waals surface area (Å²) in [5.41, 5.74) is 1.22. The van der Waals surface area contributed by atoms with Crippen molar-refractivity contribution in [2.45, 2.75) is 19.4 Å². The first-order valence-corrected chi connectivity index (χ1v) is 9.13. The first-order chi connectivity index (χ1) is 13.8. The van der Waals surface area contributed by atoms with Crippen molar-refractivity contribution in [3.63, 3.8) is 0 Å². The number of nitrogens with zero attached hydrogens (tertiary/aromatic N) is 2. The summed E-state index contributed by atoms with van der Waals surface area (Å²) in [6.07, 6.45) is 3.19. The molecule has 0 aliphatic rings. The van der Waals surface area contributed by atoms with Crippen LogP contribution in [0.4, 0.5) is 8.78 Å². The number of para-hydroxylation sites is 1. The van der Waals surface area contributed by atoms with Gasteiger partial charge in [-0.1, -0.05) is 18.2 Å². The Balaban J connectivity index is 1.88. The second kappa shape index (κ2) is 6.97. The summed E-state index contributed by atoms with van der Waals surface area (Å²) in [4.78, 5) is 4.19. The van der Waals surface area contributed by atoms with Crippen molar-refractivity contribution in [1.82, 2.24) is 9.38 Å². The largest absolute Gasteiger partial charge is 0.496 e. The highest BCUT2D eigenvalue weighted by Crippen LogP contribution is 2.35. The summed E-state index contributed by atoms with van der Waals surface area (Å²) in [5.74, 6) is -0.413. The Labute approximate surface area is 167 Å². The zero-order valence-electron chi connectivity index (χ0n) is 16.3. The maximum absolute atomic E-state index is 14.9. The van der Waals surface area contributed by atoms with Gasteiger partial charge in [0, 0.05) is 28.5 Å². The van der Waals surface area contributed by atoms with Crippen molar-refractivity contribution >= 4 is 5.65 Å². The van der Waals surface area contributed by atoms with Crippen molar-refractivity contribution in [3.8, 4) is 28.1 Å². The smallest absolute Gasteiger partial charge is 0.174 e. The van der Waals surface area contributed by atoms with Crippen LogP contribution in [0.25, 0.3) is 28.0 Å². The van der Waals surface area contributed by atoms with Crippen LogP contribution < -0.4 is 4.74 Å². The second-order valence-corrected chi connectivity index (χ2v) is 7.33. The van der Waals surface area contributed by atoms with Gasteiger partial charge in [-0.3, -0.25) is 4.40 Å². The molecule has 4 rings (SSSR count). The van der Waals surface area contributed by atoms with Crippen molar-refractivity contribution < 1.29 is 18.6 Å². The zero-order valence-corrected chi connectivity index (χ0v) is 16.3. The normalized spacial score (nSPS) is 11.8. The molecule has 4 nitrogen and oxygen atoms in total. The summed E-state index contributed by atoms with van der Waals surface area (Å²) >= 11 is 0. The minimum atomic E-state index is -1.33. The summed E-state index contributed by atoms with van der Waals surface area (Å²) < 4.78 is 36.4. The quantitative estimate of drug-likeness (QED) is 0.519. The van der Waals surface area contributed by atoms with E-state index in [0.29, 0.717) is 28.1 Å². The van der Waals surface area contributed by atoms with Crippen molar-refractivity contribution in [2.75, 3.05) is 7.11 Å². The number of pyridine rings is 1. The van der Waals surface area contributed by atoms with Gasteiger partial charge in [-0.05, 0) is 44.2 Å². The molecule has 1 N–H and O–H groups in total. The lowest BCUT2D eigenvalue weighted by Gasteiger charge is -2.18. The highest BCUT2D eigenvalue weighted by Gasteiger charge is 2.24. The van der Waals surface area contributed by atoms with E-state index in [1.165, 1.54) is 39.3 Å². The van der Waals surface area contributed by atoms with E-state index in [0.717, 1.165) is 0 Å². The van der Waals surface area contributed by atoms with Crippen LogP contribution in [0.1, 0.15) is 19.4 Å². The Kier molecular flexibility index (Phi) is 4.59. The van der Waals surface area contributed by atoms with Crippen molar-refractivity contribution in [3.05, 3.63) is 78.1 Å². The number of fused-ring (bicyclic) bond motifs is 1. The van der Waals surface area contributed by atoms with Gasteiger partial charge in [0.2, 0.25) is 0 Å². The molecule has 0 bridgehead atoms. The number of hydrogen-bond acceptors (Lipinski definition) is 3. The first kappa shape index (κ1) is 19.1. The molecule has 0 spiro atoms. The minimum absolute atomic E-state index is 0.0998. The predicted molar refractivity (Wildman–Crippen MR) is 108 cm³/mol. The van der Waals surface area contributed by atoms with Crippen LogP contribution in [-0.4, -0.2) is 21.6 Å². The van der Waals surface area contributed by atoms with Crippen LogP contribution in [-0.2, 0) is 5.60 Å². The van der Waals surface area contributed by atoms with E-state index in [1.807, 2.05) is 12.1 Å². The van der Waals surface area contributed by atoms with E-state index < -0.39 is 11.4 Å². The van der Waals surface area contributed by atoms with Gasteiger partial charge in [-0.15, -0.1) is 0 Å². The lowest BCUT2D eigenvalue weighted by atomic mass is 9.99. The molecule has 0 atom stereocenters. The molecule has 0 aliphatic heterocycles. The van der Waals surface area contributed by atoms with Crippen LogP contribution in [0.2, 0.25) is 0 Å². The van der Waals surface area contributed by atoms with Gasteiger partial charge in [0.25, 0.3) is 0 Å². The van der Waals surface area contributed by atoms with Gasteiger partial charge in [-0.2, -0.15) is 0 Å². The van der Waals surface area contributed by atoms with Gasteiger partial charge in [0.15, 0.2) is 11.5 Å². The molecular formula is C23H20F2N2O2. The molecule has 4 aromatic rings. The fourth-order valence-electron chi connectivity index (χ4n) is 3.46. The van der Waals surface area contributed by atoms with E-state index in [4.69, 9.17) is 4.74 Å². The third-order valence-corrected chi connectivity index (χ3v) is 4.94. The molecule has 0 amide bonds. The summed E-state index contributed by atoms with van der Waals surface area (Å²) in [6, 6.07) is 13.4. The Morgan fingerprint density at radius 3 is 2.52 bits per heavy atom. The monoisotopic (exact) mass is 394 g/mol. The lowest BCUT2D eigenvalue weighted by Crippen LogP contribution is -2.18. The SMILES string of the molecule is COc1ccccc1-c1cc(-c2cnc3c(F)c(C(C)(C)O)ccn23)ccc1F. The average molecular weight is 394 g/mol. The van der Waals surface area contributed by atoms with Gasteiger partial charge >= 0.3 is 0 Å². The third kappa shape index (κ3) is 3.25. The van der Waals surface area contributed by atoms with Crippen LogP contribution in [0.5, 0.6) is 5.75 Å². The zero-order chi connectivity index (χ0) is 20.8. The lowest BCUT2D eigenvalue weighted by molar-refractivity contribution is 0.0746. The molecule has 0 radical (unpaired) electrons. The molecule has 0 saturated heterocycles. The van der Waals surface area contributed by atoms with Crippen LogP contribution in [0.15, 0.2) is 60.9 Å². The highest BCUT2D eigenvalue weighted by molar-refractivity contribution is 5.76. The minimum Gasteiger partial charge on any atom is -0.496 e. The number of halogens is 2. The Morgan fingerprint density at radius 1 is 1.03 bits per heavy atom. The summed E-state index contributed by atoms with van der Waals surface area (Å²) in [7, 11) is 1.54. The summed E-state index contributed by atoms with van der Waals surface area (Å²) in [6.45, 7) is 3.04. The number of imidazole rings is 1. The number of benzene rings is 2. The van der Waals surface area contributed by atoms with Gasteiger partial charge in [0.1, 0.15) is 11.6 Å². The van der Waals surface area contributed by atoms with E-state index in [1.54, 1.807) is 34.9 Å². The number of aliphatic hydroxyl groups is 1. The van der Waals surface area contributed by atoms with E-state index in [2.05, 4.69) is 4.98 Å². The fraction of sp³-hybridized carbons (Fsp3) is 0.174. The molecule has 0 aliphatic carbocycles. The number of rotatable bonds is 4. The number of methoxy groups -OCH3 is 1. The Bertz CT molecular complexity index is 1210. The van der Waals surface area contributed by atoms with Crippen LogP contribution in [0, 0.1) is 11.6 Å². The molecule has 2 aromatic carbocycles. The maximum Gasteiger partial charge on any atom is 0.174 e. The molecule has 29 heavy (non-hydrogen) atoms. The number of ether oxygens (including phenoxy) is 1. The molecule has 0 unspecified atom stereocenters. The predicted octanol–water partition coefficient (Wildman–Crippen LogP) is 5.18. The Hall–Kier alpha value is -3.25. The van der Waals surface area contributed by atoms with E-state index in [9.17, 15) is 13.9 Å². The van der Waals surface area contributed by atoms with E-state index in [-0.39, 0.29) is 17.0 Å². The maximum atomic E-state index is 14.9. The standard InChI is InChI=1S/C23H20F2N2O2/c1-23(2,28)17-10-11-27-19(13-26-22(27)21(17)25)14-8-9-18(24)16(12-14)15-6-4-5-7-20(15)29-3/h4-13,28H,1-3H3. The fourth-order valence-corrected chi connectivity index (χ4v) is 3.46. The van der Waals surface area contributed by atoms with Gasteiger partial charge in [0.05, 0.1) is 24.6 Å². The molecule has 6 heteroatoms. The van der Waals surface area contributed by atoms with E-state index >= 15 is 0 Å². The molecular weight excluding hydrogens is 374 g/mol. The molecule has 0 fully saturated rings. The molecule has 148 valence electrons. The molecule has 2 aromatic heterocycles. The van der Waals surface area contributed by atoms with Crippen LogP contribution >= 0.6 is 0 Å². The molecule has 0 saturated carbocycles. The first-order valence-electron chi connectivity index (χ1n) is 9.13. The molecule has 2 heterocycles. The number of aromatic nitrogens is 2.